The summed E-state index contributed by atoms with van der Waals surface area (Å²) in [5.74, 6) is -0.877. The number of hydrogen-bond acceptors (Lipinski definition) is 4. The Morgan fingerprint density at radius 3 is 2.23 bits per heavy atom. The van der Waals surface area contributed by atoms with Crippen LogP contribution in [0.3, 0.4) is 0 Å². The van der Waals surface area contributed by atoms with E-state index in [4.69, 9.17) is 23.2 Å². The van der Waals surface area contributed by atoms with Gasteiger partial charge in [0.15, 0.2) is 0 Å². The zero-order valence-corrected chi connectivity index (χ0v) is 25.6. The van der Waals surface area contributed by atoms with Crippen LogP contribution in [0, 0.1) is 13.8 Å². The fraction of sp³-hybridized carbons (Fsp3) is 0.333. The first-order chi connectivity index (χ1) is 18.9. The Morgan fingerprint density at radius 2 is 1.62 bits per heavy atom. The molecule has 0 aromatic heterocycles. The van der Waals surface area contributed by atoms with Gasteiger partial charge in [0, 0.05) is 22.6 Å². The van der Waals surface area contributed by atoms with Crippen molar-refractivity contribution in [3.8, 4) is 0 Å². The number of sulfonamides is 1. The molecule has 3 aromatic rings. The maximum Gasteiger partial charge on any atom is 0.264 e. The number of carbonyl (C=O) groups is 2. The average Bonchev–Trinajstić information content (AvgIpc) is 2.90. The Labute approximate surface area is 247 Å². The Kier molecular flexibility index (Phi) is 10.6. The summed E-state index contributed by atoms with van der Waals surface area (Å²) in [4.78, 5) is 28.8. The van der Waals surface area contributed by atoms with E-state index >= 15 is 0 Å². The highest BCUT2D eigenvalue weighted by Crippen LogP contribution is 2.30. The number of aryl methyl sites for hydroxylation is 1. The fourth-order valence-corrected chi connectivity index (χ4v) is 6.33. The molecule has 0 aliphatic heterocycles. The van der Waals surface area contributed by atoms with Crippen LogP contribution < -0.4 is 9.62 Å². The molecule has 0 saturated carbocycles. The van der Waals surface area contributed by atoms with Gasteiger partial charge in [-0.3, -0.25) is 13.9 Å². The summed E-state index contributed by atoms with van der Waals surface area (Å²) in [6.07, 6.45) is 0.310. The Balaban J connectivity index is 2.12. The van der Waals surface area contributed by atoms with E-state index in [1.165, 1.54) is 17.0 Å². The molecule has 0 aliphatic rings. The smallest absolute Gasteiger partial charge is 0.264 e. The van der Waals surface area contributed by atoms with Crippen molar-refractivity contribution in [2.45, 2.75) is 64.6 Å². The third-order valence-electron chi connectivity index (χ3n) is 6.63. The van der Waals surface area contributed by atoms with E-state index in [0.717, 1.165) is 15.4 Å². The van der Waals surface area contributed by atoms with Gasteiger partial charge in [-0.05, 0) is 81.1 Å². The molecule has 3 aromatic carbocycles. The molecule has 0 radical (unpaired) electrons. The molecule has 40 heavy (non-hydrogen) atoms. The lowest BCUT2D eigenvalue weighted by Gasteiger charge is -2.34. The first-order valence-corrected chi connectivity index (χ1v) is 15.2. The van der Waals surface area contributed by atoms with Crippen molar-refractivity contribution in [2.24, 2.45) is 0 Å². The largest absolute Gasteiger partial charge is 0.352 e. The molecule has 0 bridgehead atoms. The van der Waals surface area contributed by atoms with Gasteiger partial charge in [-0.25, -0.2) is 8.42 Å². The lowest BCUT2D eigenvalue weighted by atomic mass is 10.1. The van der Waals surface area contributed by atoms with E-state index in [1.807, 2.05) is 33.8 Å². The van der Waals surface area contributed by atoms with Crippen LogP contribution in [0.2, 0.25) is 10.0 Å². The van der Waals surface area contributed by atoms with Gasteiger partial charge in [-0.15, -0.1) is 0 Å². The van der Waals surface area contributed by atoms with Crippen molar-refractivity contribution in [3.05, 3.63) is 93.5 Å². The zero-order chi connectivity index (χ0) is 29.6. The Hall–Kier alpha value is -3.07. The van der Waals surface area contributed by atoms with E-state index < -0.39 is 28.5 Å². The summed E-state index contributed by atoms with van der Waals surface area (Å²) in [5, 5.41) is 3.65. The van der Waals surface area contributed by atoms with E-state index in [2.05, 4.69) is 5.32 Å². The van der Waals surface area contributed by atoms with Crippen LogP contribution in [0.15, 0.2) is 71.6 Å². The normalized spacial score (nSPS) is 12.2. The van der Waals surface area contributed by atoms with E-state index in [-0.39, 0.29) is 23.4 Å². The second kappa shape index (κ2) is 13.5. The highest BCUT2D eigenvalue weighted by atomic mass is 35.5. The van der Waals surface area contributed by atoms with Crippen molar-refractivity contribution >= 4 is 50.7 Å². The second-order valence-corrected chi connectivity index (χ2v) is 12.6. The van der Waals surface area contributed by atoms with Crippen LogP contribution in [0.4, 0.5) is 5.69 Å². The Bertz CT molecular complexity index is 1460. The molecule has 0 saturated heterocycles. The number of rotatable bonds is 11. The molecule has 1 atom stereocenters. The maximum absolute atomic E-state index is 14.1. The zero-order valence-electron chi connectivity index (χ0n) is 23.3. The SMILES string of the molecule is CC[C@H](C(=O)NC(C)C)N(Cc1ccc(Cl)cc1Cl)C(=O)CN(c1cccc(C)c1C)S(=O)(=O)c1ccccc1. The third kappa shape index (κ3) is 7.36. The molecule has 0 spiro atoms. The van der Waals surface area contributed by atoms with Crippen LogP contribution in [-0.2, 0) is 26.2 Å². The first-order valence-electron chi connectivity index (χ1n) is 13.0. The van der Waals surface area contributed by atoms with E-state index in [0.29, 0.717) is 27.7 Å². The van der Waals surface area contributed by atoms with Crippen molar-refractivity contribution in [2.75, 3.05) is 10.8 Å². The predicted octanol–water partition coefficient (Wildman–Crippen LogP) is 6.14. The van der Waals surface area contributed by atoms with Crippen LogP contribution in [0.5, 0.6) is 0 Å². The highest BCUT2D eigenvalue weighted by Gasteiger charge is 2.34. The van der Waals surface area contributed by atoms with Crippen LogP contribution >= 0.6 is 23.2 Å². The number of halogens is 2. The summed E-state index contributed by atoms with van der Waals surface area (Å²) in [6.45, 7) is 8.65. The van der Waals surface area contributed by atoms with Crippen molar-refractivity contribution in [1.29, 1.82) is 0 Å². The molecule has 0 unspecified atom stereocenters. The minimum absolute atomic E-state index is 0.00905. The minimum Gasteiger partial charge on any atom is -0.352 e. The molecule has 214 valence electrons. The molecule has 2 amide bonds. The van der Waals surface area contributed by atoms with Crippen molar-refractivity contribution < 1.29 is 18.0 Å². The molecule has 3 rings (SSSR count). The third-order valence-corrected chi connectivity index (χ3v) is 8.99. The fourth-order valence-electron chi connectivity index (χ4n) is 4.37. The van der Waals surface area contributed by atoms with Gasteiger partial charge in [0.05, 0.1) is 10.6 Å². The number of hydrogen-bond donors (Lipinski definition) is 1. The molecule has 0 fully saturated rings. The van der Waals surface area contributed by atoms with E-state index in [1.54, 1.807) is 55.5 Å². The van der Waals surface area contributed by atoms with Crippen LogP contribution in [-0.4, -0.2) is 43.8 Å². The van der Waals surface area contributed by atoms with Gasteiger partial charge < -0.3 is 10.2 Å². The minimum atomic E-state index is -4.14. The number of anilines is 1. The van der Waals surface area contributed by atoms with Crippen LogP contribution in [0.1, 0.15) is 43.9 Å². The van der Waals surface area contributed by atoms with Gasteiger partial charge in [0.1, 0.15) is 12.6 Å². The number of benzene rings is 3. The molecule has 0 heterocycles. The first kappa shape index (κ1) is 31.5. The summed E-state index contributed by atoms with van der Waals surface area (Å²) in [5.41, 5.74) is 2.58. The summed E-state index contributed by atoms with van der Waals surface area (Å²) < 4.78 is 29.0. The molecular weight excluding hydrogens is 569 g/mol. The number of nitrogens with one attached hydrogen (secondary N) is 1. The Morgan fingerprint density at radius 1 is 0.950 bits per heavy atom. The molecule has 7 nitrogen and oxygen atoms in total. The average molecular weight is 605 g/mol. The molecule has 10 heteroatoms. The van der Waals surface area contributed by atoms with E-state index in [9.17, 15) is 18.0 Å². The highest BCUT2D eigenvalue weighted by molar-refractivity contribution is 7.92. The summed E-state index contributed by atoms with van der Waals surface area (Å²) >= 11 is 12.5. The monoisotopic (exact) mass is 603 g/mol. The number of carbonyl (C=O) groups excluding carboxylic acids is 2. The van der Waals surface area contributed by atoms with Crippen molar-refractivity contribution in [3.63, 3.8) is 0 Å². The maximum atomic E-state index is 14.1. The standard InChI is InChI=1S/C30H35Cl2N3O4S/c1-6-27(30(37)33-20(2)3)34(18-23-15-16-24(31)17-26(23)32)29(36)19-35(28-14-10-11-21(4)22(28)5)40(38,39)25-12-8-7-9-13-25/h7-17,20,27H,6,18-19H2,1-5H3,(H,33,37)/t27-/m1/s1. The predicted molar refractivity (Wildman–Crippen MR) is 161 cm³/mol. The molecule has 0 aliphatic carbocycles. The topological polar surface area (TPSA) is 86.8 Å². The van der Waals surface area contributed by atoms with Gasteiger partial charge >= 0.3 is 0 Å². The summed E-state index contributed by atoms with van der Waals surface area (Å²) in [6, 6.07) is 17.2. The van der Waals surface area contributed by atoms with Gasteiger partial charge in [0.2, 0.25) is 11.8 Å². The number of amides is 2. The lowest BCUT2D eigenvalue weighted by molar-refractivity contribution is -0.140. The van der Waals surface area contributed by atoms with Crippen molar-refractivity contribution in [1.82, 2.24) is 10.2 Å². The summed E-state index contributed by atoms with van der Waals surface area (Å²) in [7, 11) is -4.14. The molecule has 1 N–H and O–H groups in total. The van der Waals surface area contributed by atoms with Gasteiger partial charge in [-0.2, -0.15) is 0 Å². The lowest BCUT2D eigenvalue weighted by Crippen LogP contribution is -2.53. The second-order valence-electron chi connectivity index (χ2n) is 9.89. The number of nitrogens with zero attached hydrogens (tertiary/aromatic N) is 2. The van der Waals surface area contributed by atoms with Crippen LogP contribution in [0.25, 0.3) is 0 Å². The van der Waals surface area contributed by atoms with Gasteiger partial charge in [0.25, 0.3) is 10.0 Å². The quantitative estimate of drug-likeness (QED) is 0.285. The van der Waals surface area contributed by atoms with Gasteiger partial charge in [-0.1, -0.05) is 66.5 Å². The molecular formula is C30H35Cl2N3O4S.